The van der Waals surface area contributed by atoms with E-state index in [4.69, 9.17) is 16.3 Å². The van der Waals surface area contributed by atoms with Crippen molar-refractivity contribution in [2.75, 3.05) is 7.11 Å². The molecule has 0 bridgehead atoms. The van der Waals surface area contributed by atoms with E-state index in [9.17, 15) is 9.18 Å². The van der Waals surface area contributed by atoms with Crippen molar-refractivity contribution < 1.29 is 13.9 Å². The van der Waals surface area contributed by atoms with E-state index in [2.05, 4.69) is 15.9 Å². The van der Waals surface area contributed by atoms with Gasteiger partial charge in [-0.05, 0) is 41.9 Å². The summed E-state index contributed by atoms with van der Waals surface area (Å²) < 4.78 is 19.2. The number of rotatable bonds is 3. The summed E-state index contributed by atoms with van der Waals surface area (Å²) in [6.45, 7) is 3.15. The largest absolute Gasteiger partial charge is 0.371 e. The highest BCUT2D eigenvalue weighted by molar-refractivity contribution is 9.10. The standard InChI is InChI=1S/C11H11BrClFO2/c1-11(2,16-3)10(15)6-4-5-7(12)8(13)9(6)14/h4-5H,1-3H3. The number of Topliss-reactive ketones (excluding diaryl/α,β-unsaturated/α-hetero) is 1. The molecule has 0 aliphatic carbocycles. The van der Waals surface area contributed by atoms with Gasteiger partial charge >= 0.3 is 0 Å². The number of ether oxygens (including phenoxy) is 1. The Kier molecular flexibility index (Phi) is 4.10. The highest BCUT2D eigenvalue weighted by Gasteiger charge is 2.31. The van der Waals surface area contributed by atoms with Crippen molar-refractivity contribution in [3.8, 4) is 0 Å². The molecule has 0 saturated heterocycles. The maximum absolute atomic E-state index is 13.7. The number of hydrogen-bond acceptors (Lipinski definition) is 2. The molecule has 1 rings (SSSR count). The Hall–Kier alpha value is -0.450. The van der Waals surface area contributed by atoms with Gasteiger partial charge in [-0.3, -0.25) is 4.79 Å². The summed E-state index contributed by atoms with van der Waals surface area (Å²) in [5, 5.41) is -0.0993. The second kappa shape index (κ2) is 4.82. The molecule has 0 aromatic heterocycles. The molecule has 0 fully saturated rings. The van der Waals surface area contributed by atoms with Crippen molar-refractivity contribution in [1.82, 2.24) is 0 Å². The second-order valence-electron chi connectivity index (χ2n) is 3.77. The van der Waals surface area contributed by atoms with Crippen LogP contribution < -0.4 is 0 Å². The van der Waals surface area contributed by atoms with E-state index in [1.54, 1.807) is 13.8 Å². The Bertz CT molecular complexity index is 432. The quantitative estimate of drug-likeness (QED) is 0.626. The van der Waals surface area contributed by atoms with Crippen molar-refractivity contribution in [2.45, 2.75) is 19.4 Å². The minimum absolute atomic E-state index is 0.0694. The lowest BCUT2D eigenvalue weighted by Crippen LogP contribution is -2.34. The number of methoxy groups -OCH3 is 1. The number of ketones is 1. The fraction of sp³-hybridized carbons (Fsp3) is 0.364. The normalized spacial score (nSPS) is 11.6. The first kappa shape index (κ1) is 13.6. The monoisotopic (exact) mass is 308 g/mol. The molecule has 0 unspecified atom stereocenters. The van der Waals surface area contributed by atoms with Gasteiger partial charge in [0.15, 0.2) is 11.6 Å². The van der Waals surface area contributed by atoms with E-state index < -0.39 is 17.2 Å². The second-order valence-corrected chi connectivity index (χ2v) is 5.00. The van der Waals surface area contributed by atoms with Gasteiger partial charge in [-0.25, -0.2) is 4.39 Å². The van der Waals surface area contributed by atoms with Crippen LogP contribution >= 0.6 is 27.5 Å². The molecule has 1 aromatic rings. The minimum atomic E-state index is -1.07. The van der Waals surface area contributed by atoms with E-state index in [-0.39, 0.29) is 10.6 Å². The Morgan fingerprint density at radius 2 is 2.06 bits per heavy atom. The van der Waals surface area contributed by atoms with Crippen LogP contribution in [0.25, 0.3) is 0 Å². The zero-order valence-corrected chi connectivity index (χ0v) is 11.4. The predicted octanol–water partition coefficient (Wildman–Crippen LogP) is 3.85. The summed E-state index contributed by atoms with van der Waals surface area (Å²) in [6.07, 6.45) is 0. The average Bonchev–Trinajstić information content (AvgIpc) is 2.25. The van der Waals surface area contributed by atoms with Crippen molar-refractivity contribution in [1.29, 1.82) is 0 Å². The van der Waals surface area contributed by atoms with Gasteiger partial charge in [-0.1, -0.05) is 11.6 Å². The first-order valence-corrected chi connectivity index (χ1v) is 5.72. The molecule has 1 aromatic carbocycles. The van der Waals surface area contributed by atoms with Gasteiger partial charge in [0.05, 0.1) is 10.6 Å². The molecule has 16 heavy (non-hydrogen) atoms. The van der Waals surface area contributed by atoms with Crippen molar-refractivity contribution >= 4 is 33.3 Å². The molecular weight excluding hydrogens is 298 g/mol. The SMILES string of the molecule is COC(C)(C)C(=O)c1ccc(Br)c(Cl)c1F. The van der Waals surface area contributed by atoms with Crippen molar-refractivity contribution in [3.63, 3.8) is 0 Å². The zero-order chi connectivity index (χ0) is 12.5. The van der Waals surface area contributed by atoms with Gasteiger partial charge in [0, 0.05) is 11.6 Å². The third-order valence-electron chi connectivity index (χ3n) is 2.34. The number of benzene rings is 1. The molecule has 0 spiro atoms. The minimum Gasteiger partial charge on any atom is -0.371 e. The van der Waals surface area contributed by atoms with Crippen LogP contribution in [0.15, 0.2) is 16.6 Å². The molecule has 0 N–H and O–H groups in total. The lowest BCUT2D eigenvalue weighted by Gasteiger charge is -2.21. The summed E-state index contributed by atoms with van der Waals surface area (Å²) in [5.41, 5.74) is -1.14. The fourth-order valence-electron chi connectivity index (χ4n) is 1.12. The van der Waals surface area contributed by atoms with Gasteiger partial charge in [0.1, 0.15) is 5.60 Å². The van der Waals surface area contributed by atoms with E-state index in [0.717, 1.165) is 0 Å². The highest BCUT2D eigenvalue weighted by Crippen LogP contribution is 2.29. The molecule has 0 amide bonds. The Morgan fingerprint density at radius 1 is 1.50 bits per heavy atom. The van der Waals surface area contributed by atoms with E-state index >= 15 is 0 Å². The summed E-state index contributed by atoms with van der Waals surface area (Å²) >= 11 is 8.79. The smallest absolute Gasteiger partial charge is 0.197 e. The van der Waals surface area contributed by atoms with Crippen LogP contribution in [-0.4, -0.2) is 18.5 Å². The molecule has 0 atom stereocenters. The maximum Gasteiger partial charge on any atom is 0.197 e. The van der Waals surface area contributed by atoms with Crippen LogP contribution in [0.3, 0.4) is 0 Å². The maximum atomic E-state index is 13.7. The number of carbonyl (C=O) groups excluding carboxylic acids is 1. The lowest BCUT2D eigenvalue weighted by atomic mass is 9.96. The van der Waals surface area contributed by atoms with Gasteiger partial charge in [-0.2, -0.15) is 0 Å². The number of halogens is 3. The van der Waals surface area contributed by atoms with Crippen LogP contribution in [0.2, 0.25) is 5.02 Å². The molecule has 5 heteroatoms. The summed E-state index contributed by atoms with van der Waals surface area (Å²) in [6, 6.07) is 2.92. The van der Waals surface area contributed by atoms with Gasteiger partial charge in [-0.15, -0.1) is 0 Å². The van der Waals surface area contributed by atoms with Gasteiger partial charge in [0.25, 0.3) is 0 Å². The van der Waals surface area contributed by atoms with Crippen LogP contribution in [0.4, 0.5) is 4.39 Å². The number of carbonyl (C=O) groups is 1. The zero-order valence-electron chi connectivity index (χ0n) is 9.11. The molecule has 88 valence electrons. The third-order valence-corrected chi connectivity index (χ3v) is 3.60. The van der Waals surface area contributed by atoms with Gasteiger partial charge < -0.3 is 4.74 Å². The lowest BCUT2D eigenvalue weighted by molar-refractivity contribution is 0.0224. The first-order valence-electron chi connectivity index (χ1n) is 4.54. The Morgan fingerprint density at radius 3 is 2.56 bits per heavy atom. The average molecular weight is 310 g/mol. The van der Waals surface area contributed by atoms with Crippen molar-refractivity contribution in [2.24, 2.45) is 0 Å². The Balaban J connectivity index is 3.26. The summed E-state index contributed by atoms with van der Waals surface area (Å²) in [4.78, 5) is 11.9. The fourth-order valence-corrected chi connectivity index (χ4v) is 1.59. The topological polar surface area (TPSA) is 26.3 Å². The summed E-state index contributed by atoms with van der Waals surface area (Å²) in [7, 11) is 1.40. The van der Waals surface area contributed by atoms with Crippen molar-refractivity contribution in [3.05, 3.63) is 33.0 Å². The molecule has 0 heterocycles. The summed E-state index contributed by atoms with van der Waals surface area (Å²) in [5.74, 6) is -1.17. The molecular formula is C11H11BrClFO2. The van der Waals surface area contributed by atoms with Crippen LogP contribution in [-0.2, 0) is 4.74 Å². The molecule has 2 nitrogen and oxygen atoms in total. The first-order chi connectivity index (χ1) is 7.31. The van der Waals surface area contributed by atoms with Crippen LogP contribution in [0.1, 0.15) is 24.2 Å². The predicted molar refractivity (Wildman–Crippen MR) is 64.5 cm³/mol. The molecule has 0 aliphatic heterocycles. The van der Waals surface area contributed by atoms with E-state index in [1.165, 1.54) is 19.2 Å². The highest BCUT2D eigenvalue weighted by atomic mass is 79.9. The van der Waals surface area contributed by atoms with E-state index in [1.807, 2.05) is 0 Å². The third kappa shape index (κ3) is 2.44. The molecule has 0 aliphatic rings. The number of hydrogen-bond donors (Lipinski definition) is 0. The van der Waals surface area contributed by atoms with E-state index in [0.29, 0.717) is 4.47 Å². The molecule has 0 saturated carbocycles. The van der Waals surface area contributed by atoms with Crippen LogP contribution in [0, 0.1) is 5.82 Å². The van der Waals surface area contributed by atoms with Gasteiger partial charge in [0.2, 0.25) is 0 Å². The Labute approximate surface area is 107 Å². The van der Waals surface area contributed by atoms with Crippen LogP contribution in [0.5, 0.6) is 0 Å². The molecule has 0 radical (unpaired) electrons.